The summed E-state index contributed by atoms with van der Waals surface area (Å²) in [7, 11) is -3.64. The quantitative estimate of drug-likeness (QED) is 0.647. The average molecular weight is 448 g/mol. The summed E-state index contributed by atoms with van der Waals surface area (Å²) in [6, 6.07) is 12.1. The number of sulfonamides is 1. The Hall–Kier alpha value is -2.33. The van der Waals surface area contributed by atoms with E-state index in [0.717, 1.165) is 18.4 Å². The molecule has 0 aromatic heterocycles. The van der Waals surface area contributed by atoms with E-state index in [1.807, 2.05) is 0 Å². The van der Waals surface area contributed by atoms with Crippen molar-refractivity contribution in [3.05, 3.63) is 65.5 Å². The molecule has 7 nitrogen and oxygen atoms in total. The Balaban J connectivity index is 1.47. The molecule has 0 spiro atoms. The molecule has 1 saturated heterocycles. The van der Waals surface area contributed by atoms with Gasteiger partial charge in [0.1, 0.15) is 5.82 Å². The summed E-state index contributed by atoms with van der Waals surface area (Å²) in [5.41, 5.74) is 1.17. The van der Waals surface area contributed by atoms with Crippen LogP contribution in [0.2, 0.25) is 0 Å². The van der Waals surface area contributed by atoms with Crippen molar-refractivity contribution in [3.8, 4) is 0 Å². The van der Waals surface area contributed by atoms with Crippen molar-refractivity contribution >= 4 is 15.9 Å². The number of nitrogens with one attached hydrogen (secondary N) is 2. The minimum atomic E-state index is -3.64. The monoisotopic (exact) mass is 447 g/mol. The number of hydrogen-bond acceptors (Lipinski definition) is 5. The van der Waals surface area contributed by atoms with E-state index in [1.54, 1.807) is 24.3 Å². The highest BCUT2D eigenvalue weighted by Crippen LogP contribution is 2.23. The van der Waals surface area contributed by atoms with Crippen LogP contribution in [0.15, 0.2) is 53.4 Å². The normalized spacial score (nSPS) is 18.5. The second-order valence-corrected chi connectivity index (χ2v) is 9.56. The van der Waals surface area contributed by atoms with Crippen LogP contribution in [0.3, 0.4) is 0 Å². The van der Waals surface area contributed by atoms with Crippen molar-refractivity contribution < 1.29 is 22.3 Å². The van der Waals surface area contributed by atoms with Gasteiger partial charge < -0.3 is 10.1 Å². The molecule has 1 heterocycles. The van der Waals surface area contributed by atoms with Gasteiger partial charge in [0.25, 0.3) is 5.91 Å². The fourth-order valence-corrected chi connectivity index (χ4v) is 4.97. The summed E-state index contributed by atoms with van der Waals surface area (Å²) in [5, 5.41) is 2.91. The minimum absolute atomic E-state index is 0.00697. The first-order valence-corrected chi connectivity index (χ1v) is 11.9. The van der Waals surface area contributed by atoms with Crippen molar-refractivity contribution in [3.63, 3.8) is 0 Å². The van der Waals surface area contributed by atoms with Crippen LogP contribution in [0.4, 0.5) is 4.39 Å². The molecule has 0 bridgehead atoms. The summed E-state index contributed by atoms with van der Waals surface area (Å²) in [5.74, 6) is -0.671. The number of morpholine rings is 1. The second-order valence-electron chi connectivity index (χ2n) is 7.85. The van der Waals surface area contributed by atoms with Gasteiger partial charge in [-0.05, 0) is 48.7 Å². The van der Waals surface area contributed by atoms with E-state index in [-0.39, 0.29) is 34.3 Å². The summed E-state index contributed by atoms with van der Waals surface area (Å²) in [6.07, 6.45) is 1.68. The molecule has 4 rings (SSSR count). The van der Waals surface area contributed by atoms with Gasteiger partial charge in [-0.15, -0.1) is 0 Å². The molecule has 1 atom stereocenters. The number of amides is 1. The Labute approximate surface area is 181 Å². The van der Waals surface area contributed by atoms with E-state index in [9.17, 15) is 17.6 Å². The lowest BCUT2D eigenvalue weighted by atomic mass is 10.0. The summed E-state index contributed by atoms with van der Waals surface area (Å²) in [6.45, 7) is 2.91. The zero-order chi connectivity index (χ0) is 21.8. The largest absolute Gasteiger partial charge is 0.379 e. The standard InChI is InChI=1S/C22H26FN3O4S/c23-18-6-4-16(5-7-18)21(26-10-12-30-13-11-26)15-24-22(27)17-2-1-3-20(14-17)31(28,29)25-19-8-9-19/h1-7,14,19,21,25H,8-13,15H2,(H,24,27). The van der Waals surface area contributed by atoms with Crippen molar-refractivity contribution in [2.75, 3.05) is 32.8 Å². The highest BCUT2D eigenvalue weighted by Gasteiger charge is 2.28. The Morgan fingerprint density at radius 2 is 1.84 bits per heavy atom. The third-order valence-corrected chi connectivity index (χ3v) is 7.02. The van der Waals surface area contributed by atoms with E-state index in [4.69, 9.17) is 4.74 Å². The number of halogens is 1. The van der Waals surface area contributed by atoms with Crippen molar-refractivity contribution in [1.82, 2.24) is 14.9 Å². The van der Waals surface area contributed by atoms with Crippen LogP contribution < -0.4 is 10.0 Å². The van der Waals surface area contributed by atoms with Crippen molar-refractivity contribution in [2.45, 2.75) is 29.8 Å². The van der Waals surface area contributed by atoms with Gasteiger partial charge in [0.15, 0.2) is 0 Å². The number of nitrogens with zero attached hydrogens (tertiary/aromatic N) is 1. The highest BCUT2D eigenvalue weighted by atomic mass is 32.2. The van der Waals surface area contributed by atoms with Gasteiger partial charge in [0.05, 0.1) is 24.2 Å². The lowest BCUT2D eigenvalue weighted by Gasteiger charge is -2.35. The zero-order valence-electron chi connectivity index (χ0n) is 17.1. The number of hydrogen-bond donors (Lipinski definition) is 2. The fourth-order valence-electron chi connectivity index (χ4n) is 3.62. The maximum Gasteiger partial charge on any atom is 0.251 e. The first-order valence-electron chi connectivity index (χ1n) is 10.4. The molecule has 1 amide bonds. The van der Waals surface area contributed by atoms with E-state index in [0.29, 0.717) is 32.8 Å². The van der Waals surface area contributed by atoms with Gasteiger partial charge in [0, 0.05) is 31.2 Å². The van der Waals surface area contributed by atoms with Gasteiger partial charge in [-0.2, -0.15) is 0 Å². The maximum atomic E-state index is 13.4. The minimum Gasteiger partial charge on any atom is -0.379 e. The van der Waals surface area contributed by atoms with Crippen LogP contribution in [-0.2, 0) is 14.8 Å². The van der Waals surface area contributed by atoms with Gasteiger partial charge in [-0.1, -0.05) is 18.2 Å². The third kappa shape index (κ3) is 5.68. The molecule has 2 N–H and O–H groups in total. The SMILES string of the molecule is O=C(NCC(c1ccc(F)cc1)N1CCOCC1)c1cccc(S(=O)(=O)NC2CC2)c1. The maximum absolute atomic E-state index is 13.4. The van der Waals surface area contributed by atoms with Crippen molar-refractivity contribution in [2.24, 2.45) is 0 Å². The van der Waals surface area contributed by atoms with Crippen LogP contribution in [-0.4, -0.2) is 58.1 Å². The molecule has 1 unspecified atom stereocenters. The molecule has 1 saturated carbocycles. The molecule has 2 fully saturated rings. The van der Waals surface area contributed by atoms with Gasteiger partial charge in [-0.25, -0.2) is 17.5 Å². The van der Waals surface area contributed by atoms with Gasteiger partial charge in [0.2, 0.25) is 10.0 Å². The number of carbonyl (C=O) groups excluding carboxylic acids is 1. The Bertz CT molecular complexity index is 1020. The summed E-state index contributed by atoms with van der Waals surface area (Å²) in [4.78, 5) is 15.1. The molecule has 1 aliphatic carbocycles. The highest BCUT2D eigenvalue weighted by molar-refractivity contribution is 7.89. The number of rotatable bonds is 8. The fraction of sp³-hybridized carbons (Fsp3) is 0.409. The lowest BCUT2D eigenvalue weighted by Crippen LogP contribution is -2.43. The molecule has 9 heteroatoms. The van der Waals surface area contributed by atoms with Crippen LogP contribution in [0.1, 0.15) is 34.8 Å². The molecule has 1 aliphatic heterocycles. The lowest BCUT2D eigenvalue weighted by molar-refractivity contribution is 0.0162. The van der Waals surface area contributed by atoms with Crippen LogP contribution in [0.25, 0.3) is 0 Å². The molecule has 2 aromatic carbocycles. The van der Waals surface area contributed by atoms with Gasteiger partial charge >= 0.3 is 0 Å². The molecule has 2 aromatic rings. The average Bonchev–Trinajstić information content (AvgIpc) is 3.59. The predicted molar refractivity (Wildman–Crippen MR) is 114 cm³/mol. The third-order valence-electron chi connectivity index (χ3n) is 5.50. The van der Waals surface area contributed by atoms with Crippen LogP contribution in [0, 0.1) is 5.82 Å². The number of benzene rings is 2. The van der Waals surface area contributed by atoms with Crippen molar-refractivity contribution in [1.29, 1.82) is 0 Å². The topological polar surface area (TPSA) is 87.7 Å². The van der Waals surface area contributed by atoms with Crippen LogP contribution >= 0.6 is 0 Å². The molecule has 31 heavy (non-hydrogen) atoms. The molecular formula is C22H26FN3O4S. The second kappa shape index (κ2) is 9.44. The first kappa shape index (κ1) is 21.9. The zero-order valence-corrected chi connectivity index (χ0v) is 17.9. The Morgan fingerprint density at radius 3 is 2.52 bits per heavy atom. The first-order chi connectivity index (χ1) is 14.9. The van der Waals surface area contributed by atoms with Crippen LogP contribution in [0.5, 0.6) is 0 Å². The number of carbonyl (C=O) groups is 1. The van der Waals surface area contributed by atoms with Gasteiger partial charge in [-0.3, -0.25) is 9.69 Å². The molecule has 2 aliphatic rings. The predicted octanol–water partition coefficient (Wildman–Crippen LogP) is 2.07. The number of ether oxygens (including phenoxy) is 1. The Kier molecular flexibility index (Phi) is 6.66. The van der Waals surface area contributed by atoms with E-state index >= 15 is 0 Å². The summed E-state index contributed by atoms with van der Waals surface area (Å²) >= 11 is 0. The summed E-state index contributed by atoms with van der Waals surface area (Å²) < 4.78 is 46.3. The van der Waals surface area contributed by atoms with E-state index < -0.39 is 10.0 Å². The Morgan fingerprint density at radius 1 is 1.13 bits per heavy atom. The van der Waals surface area contributed by atoms with E-state index in [1.165, 1.54) is 24.3 Å². The molecular weight excluding hydrogens is 421 g/mol. The molecule has 0 radical (unpaired) electrons. The molecule has 166 valence electrons. The van der Waals surface area contributed by atoms with E-state index in [2.05, 4.69) is 14.9 Å². The smallest absolute Gasteiger partial charge is 0.251 e.